The minimum Gasteiger partial charge on any atom is -0.507 e. The maximum Gasteiger partial charge on any atom is 0.411 e. The molecule has 0 spiro atoms. The van der Waals surface area contributed by atoms with Crippen molar-refractivity contribution in [1.82, 2.24) is 4.90 Å². The van der Waals surface area contributed by atoms with Gasteiger partial charge >= 0.3 is 11.8 Å². The van der Waals surface area contributed by atoms with Crippen LogP contribution in [-0.4, -0.2) is 16.9 Å². The monoisotopic (exact) mass is 367 g/mol. The van der Waals surface area contributed by atoms with E-state index in [2.05, 4.69) is 13.8 Å². The lowest BCUT2D eigenvalue weighted by Gasteiger charge is -2.21. The zero-order valence-electron chi connectivity index (χ0n) is 17.3. The number of carbonyl (C=O) groups is 2. The lowest BCUT2D eigenvalue weighted by Crippen LogP contribution is -2.36. The van der Waals surface area contributed by atoms with Gasteiger partial charge < -0.3 is 5.11 Å². The Hall–Kier alpha value is -2.46. The molecule has 0 aliphatic heterocycles. The third kappa shape index (κ3) is 4.45. The number of amides is 2. The molecule has 1 N–H and O–H groups in total. The number of imide groups is 1. The zero-order chi connectivity index (χ0) is 20.5. The molecular weight excluding hydrogens is 338 g/mol. The molecule has 0 atom stereocenters. The molecule has 0 unspecified atom stereocenters. The van der Waals surface area contributed by atoms with Crippen molar-refractivity contribution in [2.75, 3.05) is 0 Å². The van der Waals surface area contributed by atoms with E-state index in [4.69, 9.17) is 0 Å². The minimum atomic E-state index is -0.522. The zero-order valence-corrected chi connectivity index (χ0v) is 17.3. The molecule has 2 aromatic rings. The predicted molar refractivity (Wildman–Crippen MR) is 109 cm³/mol. The third-order valence-corrected chi connectivity index (χ3v) is 4.73. The average Bonchev–Trinajstić information content (AvgIpc) is 2.56. The van der Waals surface area contributed by atoms with Crippen molar-refractivity contribution in [1.29, 1.82) is 0 Å². The van der Waals surface area contributed by atoms with E-state index in [1.165, 1.54) is 6.92 Å². The molecule has 0 aliphatic rings. The van der Waals surface area contributed by atoms with Gasteiger partial charge in [0.15, 0.2) is 5.69 Å². The van der Waals surface area contributed by atoms with Crippen LogP contribution in [0.1, 0.15) is 74.5 Å². The number of benzene rings is 2. The van der Waals surface area contributed by atoms with Gasteiger partial charge in [0.25, 0.3) is 0 Å². The summed E-state index contributed by atoms with van der Waals surface area (Å²) in [6, 6.07) is 10.9. The average molecular weight is 367 g/mol. The molecule has 143 valence electrons. The van der Waals surface area contributed by atoms with Gasteiger partial charge in [-0.25, -0.2) is 9.59 Å². The Morgan fingerprint density at radius 3 is 2.04 bits per heavy atom. The first kappa shape index (κ1) is 20.8. The maximum atomic E-state index is 13.2. The van der Waals surface area contributed by atoms with E-state index in [-0.39, 0.29) is 16.7 Å². The first-order chi connectivity index (χ1) is 12.4. The Labute approximate surface area is 161 Å². The molecule has 4 nitrogen and oxygen atoms in total. The summed E-state index contributed by atoms with van der Waals surface area (Å²) >= 11 is 0. The number of anilines is 1. The van der Waals surface area contributed by atoms with Crippen molar-refractivity contribution in [3.05, 3.63) is 58.7 Å². The highest BCUT2D eigenvalue weighted by Gasteiger charge is 2.38. The summed E-state index contributed by atoms with van der Waals surface area (Å²) in [6.45, 7) is 13.4. The number of phenols is 1. The first-order valence-corrected chi connectivity index (χ1v) is 9.22. The van der Waals surface area contributed by atoms with Crippen LogP contribution in [0, 0.1) is 6.92 Å². The van der Waals surface area contributed by atoms with E-state index in [1.807, 2.05) is 39.0 Å². The van der Waals surface area contributed by atoms with Gasteiger partial charge in [0.1, 0.15) is 11.3 Å². The normalized spacial score (nSPS) is 11.9. The SMILES string of the molecule is CC(=O)[N+](C(=O)c1cc(C(C)(C)C)cc(C)c1O)c1ccc(C(C)C)cc1. The number of carbonyl (C=O) groups excluding carboxylic acids is 2. The van der Waals surface area contributed by atoms with E-state index in [1.54, 1.807) is 25.1 Å². The fraction of sp³-hybridized carbons (Fsp3) is 0.391. The lowest BCUT2D eigenvalue weighted by atomic mass is 9.84. The summed E-state index contributed by atoms with van der Waals surface area (Å²) in [7, 11) is 0. The minimum absolute atomic E-state index is 0.0851. The summed E-state index contributed by atoms with van der Waals surface area (Å²) in [5.41, 5.74) is 3.12. The number of hydrogen-bond acceptors (Lipinski definition) is 3. The molecule has 0 saturated carbocycles. The van der Waals surface area contributed by atoms with E-state index in [9.17, 15) is 14.7 Å². The van der Waals surface area contributed by atoms with Gasteiger partial charge in [0, 0.05) is 17.0 Å². The van der Waals surface area contributed by atoms with Crippen LogP contribution in [0.2, 0.25) is 0 Å². The number of aromatic hydroxyl groups is 1. The van der Waals surface area contributed by atoms with Crippen LogP contribution >= 0.6 is 0 Å². The van der Waals surface area contributed by atoms with Gasteiger partial charge in [-0.05, 0) is 41.0 Å². The predicted octanol–water partition coefficient (Wildman–Crippen LogP) is 5.28. The van der Waals surface area contributed by atoms with Crippen LogP contribution < -0.4 is 4.90 Å². The Morgan fingerprint density at radius 2 is 1.59 bits per heavy atom. The smallest absolute Gasteiger partial charge is 0.411 e. The van der Waals surface area contributed by atoms with Gasteiger partial charge in [-0.3, -0.25) is 0 Å². The second-order valence-electron chi connectivity index (χ2n) is 8.35. The Morgan fingerprint density at radius 1 is 1.04 bits per heavy atom. The second kappa shape index (κ2) is 7.65. The van der Waals surface area contributed by atoms with Crippen molar-refractivity contribution >= 4 is 17.5 Å². The molecular formula is C23H29NO3+. The highest BCUT2D eigenvalue weighted by Crippen LogP contribution is 2.32. The van der Waals surface area contributed by atoms with Gasteiger partial charge in [0.2, 0.25) is 0 Å². The number of rotatable bonds is 3. The van der Waals surface area contributed by atoms with Crippen molar-refractivity contribution in [3.63, 3.8) is 0 Å². The molecule has 0 saturated heterocycles. The molecule has 0 aromatic heterocycles. The summed E-state index contributed by atoms with van der Waals surface area (Å²) in [4.78, 5) is 26.6. The molecule has 1 radical (unpaired) electrons. The lowest BCUT2D eigenvalue weighted by molar-refractivity contribution is -0.120. The standard InChI is InChI=1S/C23H29NO3/c1-14(2)17-8-10-19(11-9-17)24(16(4)25)22(27)20-13-18(23(5,6)7)12-15(3)21(20)26/h8-14,26H,1-7H3/q+1. The summed E-state index contributed by atoms with van der Waals surface area (Å²) < 4.78 is 0. The van der Waals surface area contributed by atoms with Crippen molar-refractivity contribution in [2.45, 2.75) is 59.8 Å². The summed E-state index contributed by atoms with van der Waals surface area (Å²) in [5.74, 6) is -0.643. The molecule has 2 rings (SSSR count). The summed E-state index contributed by atoms with van der Waals surface area (Å²) in [6.07, 6.45) is 0. The van der Waals surface area contributed by atoms with Crippen LogP contribution in [0.3, 0.4) is 0 Å². The Bertz CT molecular complexity index is 858. The quantitative estimate of drug-likeness (QED) is 0.751. The molecule has 0 fully saturated rings. The van der Waals surface area contributed by atoms with Crippen LogP contribution in [0.4, 0.5) is 5.69 Å². The summed E-state index contributed by atoms with van der Waals surface area (Å²) in [5, 5.41) is 10.5. The number of phenolic OH excluding ortho intramolecular Hbond substituents is 1. The van der Waals surface area contributed by atoms with Gasteiger partial charge in [-0.2, -0.15) is 0 Å². The van der Waals surface area contributed by atoms with E-state index < -0.39 is 11.8 Å². The van der Waals surface area contributed by atoms with Crippen molar-refractivity contribution in [3.8, 4) is 5.75 Å². The van der Waals surface area contributed by atoms with Crippen LogP contribution in [0.5, 0.6) is 5.75 Å². The Kier molecular flexibility index (Phi) is 5.91. The fourth-order valence-corrected chi connectivity index (χ4v) is 2.95. The largest absolute Gasteiger partial charge is 0.507 e. The van der Waals surface area contributed by atoms with Gasteiger partial charge in [-0.1, -0.05) is 52.8 Å². The number of aryl methyl sites for hydroxylation is 1. The molecule has 0 aliphatic carbocycles. The van der Waals surface area contributed by atoms with Crippen molar-refractivity contribution in [2.24, 2.45) is 0 Å². The van der Waals surface area contributed by atoms with Crippen LogP contribution in [0.15, 0.2) is 36.4 Å². The molecule has 4 heteroatoms. The van der Waals surface area contributed by atoms with Gasteiger partial charge in [-0.15, -0.1) is 0 Å². The molecule has 2 amide bonds. The molecule has 27 heavy (non-hydrogen) atoms. The number of nitrogens with zero attached hydrogens (tertiary/aromatic N) is 1. The molecule has 2 aromatic carbocycles. The highest BCUT2D eigenvalue weighted by molar-refractivity contribution is 6.12. The van der Waals surface area contributed by atoms with Crippen molar-refractivity contribution < 1.29 is 14.7 Å². The third-order valence-electron chi connectivity index (χ3n) is 4.73. The molecule has 0 bridgehead atoms. The fourth-order valence-electron chi connectivity index (χ4n) is 2.95. The maximum absolute atomic E-state index is 13.2. The topological polar surface area (TPSA) is 60.3 Å². The molecule has 0 heterocycles. The van der Waals surface area contributed by atoms with E-state index in [0.717, 1.165) is 16.0 Å². The van der Waals surface area contributed by atoms with Crippen LogP contribution in [0.25, 0.3) is 0 Å². The Balaban J connectivity index is 2.55. The number of hydrogen-bond donors (Lipinski definition) is 1. The first-order valence-electron chi connectivity index (χ1n) is 9.22. The van der Waals surface area contributed by atoms with Gasteiger partial charge in [0.05, 0.1) is 6.92 Å². The van der Waals surface area contributed by atoms with E-state index >= 15 is 0 Å². The highest BCUT2D eigenvalue weighted by atomic mass is 16.3. The van der Waals surface area contributed by atoms with Crippen LogP contribution in [-0.2, 0) is 10.2 Å². The van der Waals surface area contributed by atoms with E-state index in [0.29, 0.717) is 17.2 Å². The second-order valence-corrected chi connectivity index (χ2v) is 8.35.